The average Bonchev–Trinajstić information content (AvgIpc) is 2.07. The second kappa shape index (κ2) is 3.17. The Labute approximate surface area is 77.3 Å². The van der Waals surface area contributed by atoms with Gasteiger partial charge in [0.25, 0.3) is 0 Å². The van der Waals surface area contributed by atoms with Crippen LogP contribution in [0.5, 0.6) is 0 Å². The first-order valence-corrected chi connectivity index (χ1v) is 4.20. The lowest BCUT2D eigenvalue weighted by atomic mass is 9.88. The Morgan fingerprint density at radius 3 is 2.46 bits per heavy atom. The molecule has 0 spiro atoms. The highest BCUT2D eigenvalue weighted by Crippen LogP contribution is 2.21. The Kier molecular flexibility index (Phi) is 2.36. The first-order chi connectivity index (χ1) is 5.95. The molecular weight excluding hydrogens is 166 g/mol. The fraction of sp³-hybridized carbons (Fsp3) is 0.400. The molecule has 0 bridgehead atoms. The van der Waals surface area contributed by atoms with Crippen molar-refractivity contribution < 1.29 is 9.90 Å². The van der Waals surface area contributed by atoms with Crippen LogP contribution in [0.1, 0.15) is 20.8 Å². The summed E-state index contributed by atoms with van der Waals surface area (Å²) in [6.07, 6.45) is 1.46. The summed E-state index contributed by atoms with van der Waals surface area (Å²) in [5.74, 6) is -0.193. The number of aliphatic hydroxyl groups is 1. The van der Waals surface area contributed by atoms with E-state index in [1.807, 2.05) is 13.8 Å². The summed E-state index contributed by atoms with van der Waals surface area (Å²) < 4.78 is 0. The second-order valence-electron chi connectivity index (χ2n) is 3.47. The molecule has 70 valence electrons. The lowest BCUT2D eigenvalue weighted by Gasteiger charge is -2.16. The Balaban J connectivity index is 3.21. The number of hydrogen-bond donors (Lipinski definition) is 2. The molecule has 3 heteroatoms. The molecule has 0 amide bonds. The molecule has 0 fully saturated rings. The van der Waals surface area contributed by atoms with Crippen molar-refractivity contribution in [2.24, 2.45) is 5.92 Å². The van der Waals surface area contributed by atoms with Gasteiger partial charge in [-0.15, -0.1) is 0 Å². The van der Waals surface area contributed by atoms with Crippen LogP contribution in [-0.4, -0.2) is 16.6 Å². The fourth-order valence-electron chi connectivity index (χ4n) is 1.19. The first kappa shape index (κ1) is 9.71. The predicted octanol–water partition coefficient (Wildman–Crippen LogP) is 2.00. The van der Waals surface area contributed by atoms with Crippen LogP contribution in [0.4, 0.5) is 0 Å². The number of carbonyl (C=O) groups is 1. The minimum Gasteiger partial charge on any atom is -0.508 e. The Hall–Kier alpha value is -1.38. The SMILES string of the molecule is CC1=C(O)C=C(C(C)C)C(=O)C1=N. The number of rotatable bonds is 1. The highest BCUT2D eigenvalue weighted by molar-refractivity contribution is 6.51. The average molecular weight is 179 g/mol. The number of hydrogen-bond acceptors (Lipinski definition) is 3. The van der Waals surface area contributed by atoms with Crippen LogP contribution >= 0.6 is 0 Å². The second-order valence-corrected chi connectivity index (χ2v) is 3.47. The van der Waals surface area contributed by atoms with Crippen molar-refractivity contribution in [3.63, 3.8) is 0 Å². The third-order valence-electron chi connectivity index (χ3n) is 2.16. The maximum absolute atomic E-state index is 11.5. The smallest absolute Gasteiger partial charge is 0.207 e. The zero-order valence-electron chi connectivity index (χ0n) is 8.01. The number of carbonyl (C=O) groups excluding carboxylic acids is 1. The minimum atomic E-state index is -0.273. The normalized spacial score (nSPS) is 18.3. The van der Waals surface area contributed by atoms with E-state index in [0.717, 1.165) is 0 Å². The summed E-state index contributed by atoms with van der Waals surface area (Å²) in [6, 6.07) is 0. The highest BCUT2D eigenvalue weighted by Gasteiger charge is 2.25. The van der Waals surface area contributed by atoms with Gasteiger partial charge in [0.15, 0.2) is 0 Å². The lowest BCUT2D eigenvalue weighted by Crippen LogP contribution is -2.24. The van der Waals surface area contributed by atoms with Crippen LogP contribution in [0, 0.1) is 11.3 Å². The van der Waals surface area contributed by atoms with Crippen molar-refractivity contribution in [1.29, 1.82) is 5.41 Å². The molecule has 0 saturated heterocycles. The van der Waals surface area contributed by atoms with Gasteiger partial charge in [-0.1, -0.05) is 13.8 Å². The molecule has 3 nitrogen and oxygen atoms in total. The van der Waals surface area contributed by atoms with Gasteiger partial charge in [0.1, 0.15) is 11.5 Å². The summed E-state index contributed by atoms with van der Waals surface area (Å²) in [5.41, 5.74) is 0.770. The van der Waals surface area contributed by atoms with Gasteiger partial charge in [-0.05, 0) is 18.9 Å². The summed E-state index contributed by atoms with van der Waals surface area (Å²) in [6.45, 7) is 5.30. The largest absolute Gasteiger partial charge is 0.508 e. The van der Waals surface area contributed by atoms with Crippen molar-refractivity contribution in [3.8, 4) is 0 Å². The van der Waals surface area contributed by atoms with Gasteiger partial charge < -0.3 is 5.11 Å². The summed E-state index contributed by atoms with van der Waals surface area (Å²) in [5, 5.41) is 16.8. The number of Topliss-reactive ketones (excluding diaryl/α,β-unsaturated/α-hetero) is 1. The van der Waals surface area contributed by atoms with Gasteiger partial charge in [0, 0.05) is 11.1 Å². The van der Waals surface area contributed by atoms with Crippen LogP contribution in [0.25, 0.3) is 0 Å². The third kappa shape index (κ3) is 1.54. The maximum atomic E-state index is 11.5. The summed E-state index contributed by atoms with van der Waals surface area (Å²) in [4.78, 5) is 11.5. The van der Waals surface area contributed by atoms with Gasteiger partial charge in [-0.25, -0.2) is 0 Å². The van der Waals surface area contributed by atoms with E-state index in [-0.39, 0.29) is 23.2 Å². The van der Waals surface area contributed by atoms with Gasteiger partial charge in [-0.3, -0.25) is 10.2 Å². The highest BCUT2D eigenvalue weighted by atomic mass is 16.3. The molecule has 1 rings (SSSR count). The van der Waals surface area contributed by atoms with Gasteiger partial charge in [0.2, 0.25) is 5.78 Å². The number of nitrogens with one attached hydrogen (secondary N) is 1. The van der Waals surface area contributed by atoms with E-state index < -0.39 is 0 Å². The van der Waals surface area contributed by atoms with Crippen LogP contribution < -0.4 is 0 Å². The van der Waals surface area contributed by atoms with Crippen molar-refractivity contribution in [3.05, 3.63) is 23.0 Å². The molecule has 0 unspecified atom stereocenters. The van der Waals surface area contributed by atoms with Crippen molar-refractivity contribution in [2.75, 3.05) is 0 Å². The summed E-state index contributed by atoms with van der Waals surface area (Å²) in [7, 11) is 0. The first-order valence-electron chi connectivity index (χ1n) is 4.20. The molecule has 0 aliphatic heterocycles. The van der Waals surface area contributed by atoms with Crippen LogP contribution in [0.2, 0.25) is 0 Å². The Bertz CT molecular complexity index is 335. The van der Waals surface area contributed by atoms with E-state index in [9.17, 15) is 9.90 Å². The molecule has 0 aromatic rings. The van der Waals surface area contributed by atoms with Crippen LogP contribution in [0.3, 0.4) is 0 Å². The number of ketones is 1. The molecule has 13 heavy (non-hydrogen) atoms. The Morgan fingerprint density at radius 1 is 1.46 bits per heavy atom. The lowest BCUT2D eigenvalue weighted by molar-refractivity contribution is -0.110. The zero-order chi connectivity index (χ0) is 10.2. The molecule has 0 radical (unpaired) electrons. The topological polar surface area (TPSA) is 61.1 Å². The molecule has 1 aliphatic rings. The Morgan fingerprint density at radius 2 is 2.00 bits per heavy atom. The van der Waals surface area contributed by atoms with E-state index in [2.05, 4.69) is 0 Å². The van der Waals surface area contributed by atoms with E-state index >= 15 is 0 Å². The third-order valence-corrected chi connectivity index (χ3v) is 2.16. The molecule has 1 aliphatic carbocycles. The maximum Gasteiger partial charge on any atom is 0.207 e. The number of aliphatic hydroxyl groups excluding tert-OH is 1. The monoisotopic (exact) mass is 179 g/mol. The van der Waals surface area contributed by atoms with Gasteiger partial charge in [-0.2, -0.15) is 0 Å². The van der Waals surface area contributed by atoms with Gasteiger partial charge >= 0.3 is 0 Å². The predicted molar refractivity (Wildman–Crippen MR) is 51.0 cm³/mol. The van der Waals surface area contributed by atoms with E-state index in [1.54, 1.807) is 6.92 Å². The molecule has 0 aromatic heterocycles. The molecule has 0 heterocycles. The molecule has 0 aromatic carbocycles. The van der Waals surface area contributed by atoms with E-state index in [1.165, 1.54) is 6.08 Å². The molecular formula is C10H13NO2. The number of allylic oxidation sites excluding steroid dienone is 3. The molecule has 0 saturated carbocycles. The van der Waals surface area contributed by atoms with Crippen molar-refractivity contribution >= 4 is 11.5 Å². The van der Waals surface area contributed by atoms with E-state index in [4.69, 9.17) is 5.41 Å². The summed E-state index contributed by atoms with van der Waals surface area (Å²) >= 11 is 0. The fourth-order valence-corrected chi connectivity index (χ4v) is 1.19. The van der Waals surface area contributed by atoms with E-state index in [0.29, 0.717) is 11.1 Å². The standard InChI is InChI=1S/C10H13NO2/c1-5(2)7-4-8(12)6(3)9(11)10(7)13/h4-5,11-12H,1-3H3. The van der Waals surface area contributed by atoms with Crippen LogP contribution in [-0.2, 0) is 4.79 Å². The van der Waals surface area contributed by atoms with Crippen molar-refractivity contribution in [2.45, 2.75) is 20.8 Å². The molecule has 2 N–H and O–H groups in total. The minimum absolute atomic E-state index is 0.0355. The molecule has 0 atom stereocenters. The van der Waals surface area contributed by atoms with Gasteiger partial charge in [0.05, 0.1) is 0 Å². The van der Waals surface area contributed by atoms with Crippen LogP contribution in [0.15, 0.2) is 23.0 Å². The zero-order valence-corrected chi connectivity index (χ0v) is 8.01. The quantitative estimate of drug-likeness (QED) is 0.605. The van der Waals surface area contributed by atoms with Crippen molar-refractivity contribution in [1.82, 2.24) is 0 Å².